The molecule has 0 spiro atoms. The molecule has 0 aliphatic carbocycles. The Hall–Kier alpha value is -3.93. The number of benzene rings is 2. The van der Waals surface area contributed by atoms with Crippen LogP contribution in [0.25, 0.3) is 17.4 Å². The molecule has 3 aromatic rings. The zero-order chi connectivity index (χ0) is 22.0. The molecule has 2 heterocycles. The van der Waals surface area contributed by atoms with E-state index in [1.54, 1.807) is 24.3 Å². The van der Waals surface area contributed by atoms with E-state index >= 15 is 0 Å². The molecule has 1 saturated heterocycles. The fourth-order valence-electron chi connectivity index (χ4n) is 3.41. The Labute approximate surface area is 180 Å². The Balaban J connectivity index is 1.63. The smallest absolute Gasteiger partial charge is 0.335 e. The third-order valence-corrected chi connectivity index (χ3v) is 5.41. The van der Waals surface area contributed by atoms with Gasteiger partial charge in [-0.05, 0) is 48.2 Å². The first-order chi connectivity index (χ1) is 15.0. The minimum absolute atomic E-state index is 0.167. The largest absolute Gasteiger partial charge is 0.457 e. The highest BCUT2D eigenvalue weighted by Gasteiger charge is 2.37. The molecule has 2 aromatic carbocycles. The summed E-state index contributed by atoms with van der Waals surface area (Å²) < 4.78 is 5.78. The number of carbonyl (C=O) groups excluding carboxylic acids is 3. The van der Waals surface area contributed by atoms with E-state index in [-0.39, 0.29) is 5.57 Å². The summed E-state index contributed by atoms with van der Waals surface area (Å²) >= 11 is 0. The van der Waals surface area contributed by atoms with Gasteiger partial charge in [0.2, 0.25) is 0 Å². The van der Waals surface area contributed by atoms with Gasteiger partial charge in [0.15, 0.2) is 0 Å². The van der Waals surface area contributed by atoms with Crippen LogP contribution in [0.2, 0.25) is 0 Å². The molecule has 0 radical (unpaired) electrons. The Morgan fingerprint density at radius 1 is 0.968 bits per heavy atom. The van der Waals surface area contributed by atoms with E-state index in [0.29, 0.717) is 23.1 Å². The number of hydrogen-bond donors (Lipinski definition) is 1. The lowest BCUT2D eigenvalue weighted by atomic mass is 9.98. The molecule has 1 aliphatic rings. The maximum Gasteiger partial charge on any atom is 0.335 e. The SMILES string of the molecule is CCC(C)c1ccc(N2C(=O)NC(=O)C(=Cc3ccc(-c4ccccc4)o3)C2=O)cc1. The van der Waals surface area contributed by atoms with Gasteiger partial charge in [0, 0.05) is 5.56 Å². The first kappa shape index (κ1) is 20.3. The monoisotopic (exact) mass is 414 g/mol. The standard InChI is InChI=1S/C25H22N2O4/c1-3-16(2)17-9-11-19(12-10-17)27-24(29)21(23(28)26-25(27)30)15-20-13-14-22(31-20)18-7-5-4-6-8-18/h4-16H,3H2,1-2H3,(H,26,28,30). The number of furan rings is 1. The number of amides is 4. The Morgan fingerprint density at radius 2 is 1.68 bits per heavy atom. The average Bonchev–Trinajstić information content (AvgIpc) is 3.26. The maximum absolute atomic E-state index is 13.0. The number of carbonyl (C=O) groups is 3. The van der Waals surface area contributed by atoms with Crippen molar-refractivity contribution in [1.82, 2.24) is 5.32 Å². The van der Waals surface area contributed by atoms with E-state index in [0.717, 1.165) is 22.4 Å². The fourth-order valence-corrected chi connectivity index (χ4v) is 3.41. The van der Waals surface area contributed by atoms with Crippen LogP contribution in [0.15, 0.2) is 76.7 Å². The van der Waals surface area contributed by atoms with Crippen LogP contribution in [0.4, 0.5) is 10.5 Å². The van der Waals surface area contributed by atoms with Gasteiger partial charge in [0.05, 0.1) is 5.69 Å². The predicted molar refractivity (Wildman–Crippen MR) is 118 cm³/mol. The zero-order valence-corrected chi connectivity index (χ0v) is 17.3. The number of barbiturate groups is 1. The van der Waals surface area contributed by atoms with Gasteiger partial charge in [0.25, 0.3) is 11.8 Å². The topological polar surface area (TPSA) is 79.6 Å². The minimum atomic E-state index is -0.771. The second kappa shape index (κ2) is 8.44. The van der Waals surface area contributed by atoms with Crippen molar-refractivity contribution in [2.75, 3.05) is 4.90 Å². The summed E-state index contributed by atoms with van der Waals surface area (Å²) in [6.45, 7) is 4.21. The molecular weight excluding hydrogens is 392 g/mol. The second-order valence-corrected chi connectivity index (χ2v) is 7.43. The lowest BCUT2D eigenvalue weighted by molar-refractivity contribution is -0.122. The van der Waals surface area contributed by atoms with Crippen molar-refractivity contribution >= 4 is 29.6 Å². The lowest BCUT2D eigenvalue weighted by Crippen LogP contribution is -2.54. The van der Waals surface area contributed by atoms with Crippen molar-refractivity contribution in [2.45, 2.75) is 26.2 Å². The van der Waals surface area contributed by atoms with E-state index < -0.39 is 17.8 Å². The molecule has 1 fully saturated rings. The minimum Gasteiger partial charge on any atom is -0.457 e. The summed E-state index contributed by atoms with van der Waals surface area (Å²) in [5, 5.41) is 2.23. The molecule has 4 rings (SSSR count). The Kier molecular flexibility index (Phi) is 5.54. The van der Waals surface area contributed by atoms with Crippen LogP contribution in [0, 0.1) is 0 Å². The summed E-state index contributed by atoms with van der Waals surface area (Å²) in [6.07, 6.45) is 2.34. The van der Waals surface area contributed by atoms with Gasteiger partial charge in [0.1, 0.15) is 17.1 Å². The summed E-state index contributed by atoms with van der Waals surface area (Å²) in [6, 6.07) is 19.4. The molecule has 6 nitrogen and oxygen atoms in total. The summed E-state index contributed by atoms with van der Waals surface area (Å²) in [5.74, 6) is -0.110. The number of anilines is 1. The van der Waals surface area contributed by atoms with E-state index in [1.807, 2.05) is 42.5 Å². The van der Waals surface area contributed by atoms with E-state index in [9.17, 15) is 14.4 Å². The van der Waals surface area contributed by atoms with Crippen LogP contribution in [-0.4, -0.2) is 17.8 Å². The van der Waals surface area contributed by atoms with Gasteiger partial charge in [-0.3, -0.25) is 14.9 Å². The Bertz CT molecular complexity index is 1160. The van der Waals surface area contributed by atoms with Gasteiger partial charge in [-0.1, -0.05) is 56.3 Å². The van der Waals surface area contributed by atoms with E-state index in [2.05, 4.69) is 19.2 Å². The van der Waals surface area contributed by atoms with Gasteiger partial charge >= 0.3 is 6.03 Å². The molecule has 0 saturated carbocycles. The fraction of sp³-hybridized carbons (Fsp3) is 0.160. The predicted octanol–water partition coefficient (Wildman–Crippen LogP) is 5.13. The maximum atomic E-state index is 13.0. The molecule has 4 amide bonds. The third kappa shape index (κ3) is 4.05. The van der Waals surface area contributed by atoms with Gasteiger partial charge in [-0.2, -0.15) is 0 Å². The molecule has 1 aromatic heterocycles. The van der Waals surface area contributed by atoms with Crippen molar-refractivity contribution in [2.24, 2.45) is 0 Å². The third-order valence-electron chi connectivity index (χ3n) is 5.41. The molecule has 1 aliphatic heterocycles. The summed E-state index contributed by atoms with van der Waals surface area (Å²) in [5.41, 5.74) is 2.23. The van der Waals surface area contributed by atoms with Crippen molar-refractivity contribution < 1.29 is 18.8 Å². The number of imide groups is 2. The van der Waals surface area contributed by atoms with Crippen LogP contribution in [0.1, 0.15) is 37.5 Å². The molecule has 1 unspecified atom stereocenters. The normalized spacial score (nSPS) is 16.5. The van der Waals surface area contributed by atoms with E-state index in [1.165, 1.54) is 6.08 Å². The van der Waals surface area contributed by atoms with Crippen molar-refractivity contribution in [3.8, 4) is 11.3 Å². The lowest BCUT2D eigenvalue weighted by Gasteiger charge is -2.26. The second-order valence-electron chi connectivity index (χ2n) is 7.43. The number of nitrogens with one attached hydrogen (secondary N) is 1. The highest BCUT2D eigenvalue weighted by Crippen LogP contribution is 2.27. The highest BCUT2D eigenvalue weighted by molar-refractivity contribution is 6.39. The van der Waals surface area contributed by atoms with Crippen LogP contribution in [-0.2, 0) is 9.59 Å². The first-order valence-electron chi connectivity index (χ1n) is 10.1. The van der Waals surface area contributed by atoms with Crippen LogP contribution in [0.3, 0.4) is 0 Å². The molecule has 1 N–H and O–H groups in total. The van der Waals surface area contributed by atoms with E-state index in [4.69, 9.17) is 4.42 Å². The molecule has 0 bridgehead atoms. The molecule has 6 heteroatoms. The first-order valence-corrected chi connectivity index (χ1v) is 10.1. The Morgan fingerprint density at radius 3 is 2.35 bits per heavy atom. The highest BCUT2D eigenvalue weighted by atomic mass is 16.3. The molecule has 156 valence electrons. The van der Waals surface area contributed by atoms with Crippen LogP contribution >= 0.6 is 0 Å². The van der Waals surface area contributed by atoms with Crippen LogP contribution < -0.4 is 10.2 Å². The summed E-state index contributed by atoms with van der Waals surface area (Å²) in [4.78, 5) is 38.8. The number of hydrogen-bond acceptors (Lipinski definition) is 4. The van der Waals surface area contributed by atoms with Gasteiger partial charge < -0.3 is 4.42 Å². The number of rotatable bonds is 5. The van der Waals surface area contributed by atoms with Crippen LogP contribution in [0.5, 0.6) is 0 Å². The summed E-state index contributed by atoms with van der Waals surface area (Å²) in [7, 11) is 0. The molecule has 1 atom stereocenters. The van der Waals surface area contributed by atoms with Gasteiger partial charge in [-0.25, -0.2) is 9.69 Å². The zero-order valence-electron chi connectivity index (χ0n) is 17.3. The number of nitrogens with zero attached hydrogens (tertiary/aromatic N) is 1. The van der Waals surface area contributed by atoms with Crippen molar-refractivity contribution in [1.29, 1.82) is 0 Å². The van der Waals surface area contributed by atoms with Crippen molar-refractivity contribution in [3.05, 3.63) is 83.6 Å². The molecule has 31 heavy (non-hydrogen) atoms. The molecular formula is C25H22N2O4. The number of urea groups is 1. The van der Waals surface area contributed by atoms with Crippen molar-refractivity contribution in [3.63, 3.8) is 0 Å². The average molecular weight is 414 g/mol. The van der Waals surface area contributed by atoms with Gasteiger partial charge in [-0.15, -0.1) is 0 Å². The quantitative estimate of drug-likeness (QED) is 0.464.